The van der Waals surface area contributed by atoms with E-state index < -0.39 is 17.0 Å². The number of ketones is 1. The van der Waals surface area contributed by atoms with Gasteiger partial charge in [-0.25, -0.2) is 4.79 Å². The third kappa shape index (κ3) is 6.06. The van der Waals surface area contributed by atoms with Crippen molar-refractivity contribution in [2.75, 3.05) is 0 Å². The van der Waals surface area contributed by atoms with Gasteiger partial charge in [-0.15, -0.1) is 0 Å². The van der Waals surface area contributed by atoms with Gasteiger partial charge >= 0.3 is 5.97 Å². The molecule has 1 fully saturated rings. The van der Waals surface area contributed by atoms with Crippen LogP contribution in [0.3, 0.4) is 0 Å². The van der Waals surface area contributed by atoms with Gasteiger partial charge in [0.25, 0.3) is 0 Å². The van der Waals surface area contributed by atoms with Crippen LogP contribution in [0.25, 0.3) is 0 Å². The minimum atomic E-state index is -1.51. The number of nitrogens with zero attached hydrogens (tertiary/aromatic N) is 1. The lowest BCUT2D eigenvalue weighted by Gasteiger charge is -2.27. The summed E-state index contributed by atoms with van der Waals surface area (Å²) in [6.45, 7) is 5.31. The minimum Gasteiger partial charge on any atom is -0.459 e. The number of carbonyl (C=O) groups excluding carboxylic acids is 2. The summed E-state index contributed by atoms with van der Waals surface area (Å²) in [6.07, 6.45) is 8.13. The highest BCUT2D eigenvalue weighted by atomic mass is 16.6. The Kier molecular flexibility index (Phi) is 6.96. The number of hydrogen-bond acceptors (Lipinski definition) is 4. The summed E-state index contributed by atoms with van der Waals surface area (Å²) >= 11 is 0. The zero-order valence-corrected chi connectivity index (χ0v) is 16.5. The van der Waals surface area contributed by atoms with Crippen LogP contribution in [0.5, 0.6) is 0 Å². The predicted octanol–water partition coefficient (Wildman–Crippen LogP) is 4.79. The van der Waals surface area contributed by atoms with E-state index in [-0.39, 0.29) is 18.1 Å². The molecule has 1 aliphatic carbocycles. The van der Waals surface area contributed by atoms with Gasteiger partial charge in [0.05, 0.1) is 6.07 Å². The quantitative estimate of drug-likeness (QED) is 0.536. The fourth-order valence-corrected chi connectivity index (χ4v) is 3.36. The lowest BCUT2D eigenvalue weighted by atomic mass is 9.80. The standard InChI is InChI=1S/C23H29NO3/c1-22(2,3)27-21(26)23(17-24,16-18-10-6-4-7-11-18)15-14-20(25)19-12-8-5-9-13-19/h4,6-7,10-11,14-15,19H,5,8-9,12-13,16H2,1-3H3/b15-14+/t23-/m1/s1. The Bertz CT molecular complexity index is 718. The lowest BCUT2D eigenvalue weighted by molar-refractivity contribution is -0.161. The summed E-state index contributed by atoms with van der Waals surface area (Å²) in [4.78, 5) is 25.5. The van der Waals surface area contributed by atoms with E-state index in [0.29, 0.717) is 0 Å². The topological polar surface area (TPSA) is 67.2 Å². The highest BCUT2D eigenvalue weighted by Crippen LogP contribution is 2.30. The van der Waals surface area contributed by atoms with Crippen LogP contribution in [0, 0.1) is 22.7 Å². The average molecular weight is 367 g/mol. The molecule has 0 aromatic heterocycles. The Labute approximate surface area is 162 Å². The fourth-order valence-electron chi connectivity index (χ4n) is 3.36. The van der Waals surface area contributed by atoms with Crippen molar-refractivity contribution in [3.05, 3.63) is 48.0 Å². The first-order valence-corrected chi connectivity index (χ1v) is 9.67. The molecule has 1 aliphatic rings. The van der Waals surface area contributed by atoms with Crippen LogP contribution in [0.2, 0.25) is 0 Å². The molecule has 0 aliphatic heterocycles. The molecule has 0 heterocycles. The first kappa shape index (κ1) is 20.9. The Morgan fingerprint density at radius 3 is 2.33 bits per heavy atom. The average Bonchev–Trinajstić information content (AvgIpc) is 2.65. The highest BCUT2D eigenvalue weighted by molar-refractivity contribution is 5.93. The van der Waals surface area contributed by atoms with E-state index >= 15 is 0 Å². The summed E-state index contributed by atoms with van der Waals surface area (Å²) in [6, 6.07) is 11.5. The Balaban J connectivity index is 2.29. The van der Waals surface area contributed by atoms with E-state index in [9.17, 15) is 14.9 Å². The van der Waals surface area contributed by atoms with Crippen LogP contribution >= 0.6 is 0 Å². The van der Waals surface area contributed by atoms with Crippen molar-refractivity contribution in [1.82, 2.24) is 0 Å². The molecule has 1 saturated carbocycles. The van der Waals surface area contributed by atoms with E-state index in [1.165, 1.54) is 18.6 Å². The second-order valence-corrected chi connectivity index (χ2v) is 8.32. The molecule has 144 valence electrons. The number of benzene rings is 1. The zero-order valence-electron chi connectivity index (χ0n) is 16.5. The number of carbonyl (C=O) groups is 2. The van der Waals surface area contributed by atoms with Crippen LogP contribution in [0.15, 0.2) is 42.5 Å². The smallest absolute Gasteiger partial charge is 0.331 e. The first-order valence-electron chi connectivity index (χ1n) is 9.67. The second kappa shape index (κ2) is 8.99. The molecule has 0 amide bonds. The van der Waals surface area contributed by atoms with Crippen LogP contribution in [0.1, 0.15) is 58.4 Å². The first-order chi connectivity index (χ1) is 12.8. The van der Waals surface area contributed by atoms with E-state index in [2.05, 4.69) is 6.07 Å². The third-order valence-electron chi connectivity index (χ3n) is 4.83. The monoisotopic (exact) mass is 367 g/mol. The number of ether oxygens (including phenoxy) is 1. The normalized spacial score (nSPS) is 17.9. The summed E-state index contributed by atoms with van der Waals surface area (Å²) in [5.41, 5.74) is -1.38. The van der Waals surface area contributed by atoms with Crippen molar-refractivity contribution in [2.45, 2.75) is 64.9 Å². The maximum absolute atomic E-state index is 12.9. The molecule has 1 aromatic rings. The molecule has 27 heavy (non-hydrogen) atoms. The maximum atomic E-state index is 12.9. The Morgan fingerprint density at radius 2 is 1.78 bits per heavy atom. The predicted molar refractivity (Wildman–Crippen MR) is 105 cm³/mol. The van der Waals surface area contributed by atoms with Crippen LogP contribution in [-0.2, 0) is 20.7 Å². The van der Waals surface area contributed by atoms with E-state index in [1.807, 2.05) is 30.3 Å². The molecule has 0 spiro atoms. The lowest BCUT2D eigenvalue weighted by Crippen LogP contribution is -2.37. The minimum absolute atomic E-state index is 0.00162. The largest absolute Gasteiger partial charge is 0.459 e. The van der Waals surface area contributed by atoms with Crippen molar-refractivity contribution in [1.29, 1.82) is 5.26 Å². The van der Waals surface area contributed by atoms with Crippen LogP contribution < -0.4 is 0 Å². The van der Waals surface area contributed by atoms with E-state index in [0.717, 1.165) is 31.2 Å². The van der Waals surface area contributed by atoms with E-state index in [1.54, 1.807) is 20.8 Å². The molecule has 1 aromatic carbocycles. The van der Waals surface area contributed by atoms with Crippen molar-refractivity contribution in [3.8, 4) is 6.07 Å². The van der Waals surface area contributed by atoms with Gasteiger partial charge in [0.1, 0.15) is 5.60 Å². The summed E-state index contributed by atoms with van der Waals surface area (Å²) < 4.78 is 5.52. The summed E-state index contributed by atoms with van der Waals surface area (Å²) in [5, 5.41) is 9.91. The number of nitriles is 1. The van der Waals surface area contributed by atoms with Crippen LogP contribution in [-0.4, -0.2) is 17.4 Å². The molecule has 0 saturated heterocycles. The van der Waals surface area contributed by atoms with Crippen molar-refractivity contribution in [3.63, 3.8) is 0 Å². The molecule has 4 nitrogen and oxygen atoms in total. The molecule has 0 bridgehead atoms. The van der Waals surface area contributed by atoms with Crippen LogP contribution in [0.4, 0.5) is 0 Å². The van der Waals surface area contributed by atoms with Crippen molar-refractivity contribution >= 4 is 11.8 Å². The van der Waals surface area contributed by atoms with E-state index in [4.69, 9.17) is 4.74 Å². The molecular weight excluding hydrogens is 338 g/mol. The van der Waals surface area contributed by atoms with Crippen molar-refractivity contribution < 1.29 is 14.3 Å². The molecule has 0 N–H and O–H groups in total. The number of rotatable bonds is 6. The molecule has 2 rings (SSSR count). The Morgan fingerprint density at radius 1 is 1.15 bits per heavy atom. The SMILES string of the molecule is CC(C)(C)OC(=O)[C@](C#N)(/C=C/C(=O)C1CCCCC1)Cc1ccccc1. The molecule has 4 heteroatoms. The number of hydrogen-bond donors (Lipinski definition) is 0. The molecule has 0 unspecified atom stereocenters. The van der Waals surface area contributed by atoms with Gasteiger partial charge in [-0.3, -0.25) is 4.79 Å². The molecular formula is C23H29NO3. The second-order valence-electron chi connectivity index (χ2n) is 8.32. The van der Waals surface area contributed by atoms with Gasteiger partial charge in [-0.1, -0.05) is 49.6 Å². The van der Waals surface area contributed by atoms with Crippen molar-refractivity contribution in [2.24, 2.45) is 11.3 Å². The third-order valence-corrected chi connectivity index (χ3v) is 4.83. The van der Waals surface area contributed by atoms with Gasteiger partial charge in [0.15, 0.2) is 11.2 Å². The zero-order chi connectivity index (χ0) is 19.9. The maximum Gasteiger partial charge on any atom is 0.331 e. The molecule has 1 atom stereocenters. The fraction of sp³-hybridized carbons (Fsp3) is 0.522. The molecule has 0 radical (unpaired) electrons. The Hall–Kier alpha value is -2.41. The number of allylic oxidation sites excluding steroid dienone is 1. The van der Waals surface area contributed by atoms with Gasteiger partial charge in [0.2, 0.25) is 0 Å². The summed E-state index contributed by atoms with van der Waals surface area (Å²) in [7, 11) is 0. The number of esters is 1. The van der Waals surface area contributed by atoms with Gasteiger partial charge in [-0.05, 0) is 51.3 Å². The van der Waals surface area contributed by atoms with Gasteiger partial charge in [0, 0.05) is 12.3 Å². The highest BCUT2D eigenvalue weighted by Gasteiger charge is 2.40. The van der Waals surface area contributed by atoms with Gasteiger partial charge < -0.3 is 4.74 Å². The van der Waals surface area contributed by atoms with Gasteiger partial charge in [-0.2, -0.15) is 5.26 Å². The summed E-state index contributed by atoms with van der Waals surface area (Å²) in [5.74, 6) is -0.609.